The molecule has 10 aliphatic heterocycles. The van der Waals surface area contributed by atoms with Crippen molar-refractivity contribution in [3.8, 4) is 11.8 Å². The average Bonchev–Trinajstić information content (AvgIpc) is 1.61. The summed E-state index contributed by atoms with van der Waals surface area (Å²) >= 11 is 6.31. The summed E-state index contributed by atoms with van der Waals surface area (Å²) in [6, 6.07) is -1.58. The van der Waals surface area contributed by atoms with Gasteiger partial charge in [0.25, 0.3) is 0 Å². The zero-order chi connectivity index (χ0) is 88.7. The number of methoxy groups -OCH3 is 2. The predicted molar refractivity (Wildman–Crippen MR) is 439 cm³/mol. The average molecular weight is 1790 g/mol. The number of esters is 2. The molecule has 15 heterocycles. The minimum absolute atomic E-state index is 0.00245. The van der Waals surface area contributed by atoms with Gasteiger partial charge in [-0.3, -0.25) is 34.1 Å². The van der Waals surface area contributed by atoms with Crippen LogP contribution in [0.3, 0.4) is 0 Å². The Balaban J connectivity index is 0.000000149. The van der Waals surface area contributed by atoms with Gasteiger partial charge in [-0.25, -0.2) is 4.98 Å². The lowest BCUT2D eigenvalue weighted by molar-refractivity contribution is -0.152. The monoisotopic (exact) mass is 1790 g/mol. The van der Waals surface area contributed by atoms with Gasteiger partial charge < -0.3 is 160 Å². The van der Waals surface area contributed by atoms with Crippen molar-refractivity contribution in [3.63, 3.8) is 0 Å². The summed E-state index contributed by atoms with van der Waals surface area (Å²) in [7, 11) is 4.62. The predicted octanol–water partition coefficient (Wildman–Crippen LogP) is -4.89. The Morgan fingerprint density at radius 1 is 0.421 bits per heavy atom. The van der Waals surface area contributed by atoms with E-state index in [-0.39, 0.29) is 73.1 Å². The molecule has 53 heteroatoms. The van der Waals surface area contributed by atoms with Crippen LogP contribution in [0.4, 0.5) is 70.5 Å². The first-order chi connectivity index (χ1) is 57.2. The largest absolute Gasteiger partial charge is 0.480 e. The van der Waals surface area contributed by atoms with Crippen molar-refractivity contribution in [3.05, 3.63) is 64.2 Å². The Kier molecular flexibility index (Phi) is 29.6. The summed E-state index contributed by atoms with van der Waals surface area (Å²) in [5.41, 5.74) is 45.7. The number of aromatic nitrogens is 10. The van der Waals surface area contributed by atoms with E-state index in [2.05, 4.69) is 88.1 Å². The maximum Gasteiger partial charge on any atom is 0.323 e. The fourth-order valence-electron chi connectivity index (χ4n) is 13.1. The Hall–Kier alpha value is -8.81. The third kappa shape index (κ3) is 18.7. The van der Waals surface area contributed by atoms with E-state index in [0.717, 1.165) is 4.90 Å². The molecule has 0 amide bonds. The standard InChI is InChI=1S/C17H25N5O6S.C16H24N6O5S.C12H17N5O4S.C12H16N4O5S.C11H14N4O4S/c1-6(2)9(18)16(25)27-5-8-10(23)11(24)15(28-8)22-7(3)29-12-13(22)20-17(19)21-14(12)26-4;1-5(2)8(17)15(25)26-4-7-9(23)10(24)14(27-7)22-6(3)28-11-12(18)20-16(19)21-13(11)22;1-4-17(11-7(20)6(19)5(3-18)21-11)10-8(22-4)9(14-2)15-12(13)16-10;1-4-16(11-7(19)6(18)5(3-17)21-11)9-8(22-4)10(20-2)15-12(13)14-9;1-4-15(9-6(20-4)2-13-11(12)14-9)10-8(18)7(17)5(3-16)19-10/h6,8-11,15,23-24H,3,5,18H2,1-2,4H3,(H2,19,20,21);5,7-10,14,23-24H,3-4,17H2,1-2H3,(H4,18,19,20,21);5-7,11,18-20H,1,3H2,2H3,(H3,13,14,15,16);5-7,11,17-19H,1,3H2,2H3,(H2,13,14,15);2,5,7-8,10,16-18H,1,3H2,(H2,12,13,14)/t8-,9+,10-,11-,15-;7-,8+,9-,10-,14-;2*5-,6-,7-,11-;5-,7-,8-,10-/m11111/s1. The molecule has 0 aliphatic carbocycles. The van der Waals surface area contributed by atoms with E-state index in [9.17, 15) is 70.9 Å². The molecule has 0 aromatic carbocycles. The van der Waals surface area contributed by atoms with Crippen LogP contribution in [0.15, 0.2) is 88.7 Å². The first kappa shape index (κ1) is 92.9. The Morgan fingerprint density at radius 3 is 1.05 bits per heavy atom. The molecule has 5 fully saturated rings. The smallest absolute Gasteiger partial charge is 0.323 e. The van der Waals surface area contributed by atoms with Gasteiger partial charge in [0, 0.05) is 13.2 Å². The minimum Gasteiger partial charge on any atom is -0.480 e. The molecule has 0 unspecified atom stereocenters. The van der Waals surface area contributed by atoms with Crippen LogP contribution in [0.5, 0.6) is 11.8 Å². The molecule has 15 rings (SSSR count). The number of anilines is 12. The number of rotatable bonds is 19. The topological polar surface area (TPSA) is 745 Å². The number of carbonyl (C=O) groups is 2. The maximum atomic E-state index is 12.0. The molecule has 22 atom stereocenters. The van der Waals surface area contributed by atoms with E-state index in [1.165, 1.54) is 87.7 Å². The number of carbonyl (C=O) groups excluding carboxylic acids is 2. The Bertz CT molecular complexity index is 4600. The van der Waals surface area contributed by atoms with E-state index in [0.29, 0.717) is 85.5 Å². The number of hydrogen-bond acceptors (Lipinski definition) is 53. The number of nitrogens with two attached hydrogens (primary N) is 8. The van der Waals surface area contributed by atoms with Crippen LogP contribution in [0.1, 0.15) is 27.7 Å². The third-order valence-corrected chi connectivity index (χ3v) is 24.6. The molecule has 0 radical (unpaired) electrons. The summed E-state index contributed by atoms with van der Waals surface area (Å²) in [5.74, 6) is 1.94. The number of aliphatic hydroxyl groups is 13. The fraction of sp³-hybridized carbons (Fsp3) is 0.529. The Labute approximate surface area is 710 Å². The van der Waals surface area contributed by atoms with Crippen molar-refractivity contribution in [2.45, 2.75) is 187 Å². The lowest BCUT2D eigenvalue weighted by atomic mass is 10.1. The van der Waals surface area contributed by atoms with Gasteiger partial charge in [-0.1, -0.05) is 119 Å². The van der Waals surface area contributed by atoms with Crippen molar-refractivity contribution < 1.29 is 119 Å². The number of nitrogen functional groups attached to an aromatic ring is 6. The van der Waals surface area contributed by atoms with Gasteiger partial charge in [-0.2, -0.15) is 44.9 Å². The fourth-order valence-corrected chi connectivity index (χ4v) is 17.9. The quantitative estimate of drug-likeness (QED) is 0.0345. The van der Waals surface area contributed by atoms with E-state index >= 15 is 0 Å². The van der Waals surface area contributed by atoms with Crippen LogP contribution >= 0.6 is 58.8 Å². The number of nitrogens with one attached hydrogen (secondary N) is 1. The minimum atomic E-state index is -1.32. The van der Waals surface area contributed by atoms with Crippen LogP contribution in [0.2, 0.25) is 0 Å². The first-order valence-electron chi connectivity index (χ1n) is 36.6. The first-order valence-corrected chi connectivity index (χ1v) is 40.7. The molecular formula is C68H96N24O24S5. The number of fused-ring (bicyclic) bond motifs is 5. The highest BCUT2D eigenvalue weighted by Crippen LogP contribution is 2.55. The van der Waals surface area contributed by atoms with Crippen molar-refractivity contribution in [1.29, 1.82) is 0 Å². The van der Waals surface area contributed by atoms with E-state index in [1.54, 1.807) is 50.7 Å². The third-order valence-electron chi connectivity index (χ3n) is 19.7. The molecule has 30 N–H and O–H groups in total. The lowest BCUT2D eigenvalue weighted by Crippen LogP contribution is -2.42. The molecular weight excluding hydrogens is 1700 g/mol. The highest BCUT2D eigenvalue weighted by atomic mass is 32.2. The van der Waals surface area contributed by atoms with Gasteiger partial charge in [-0.05, 0) is 11.8 Å². The second-order valence-electron chi connectivity index (χ2n) is 28.3. The molecule has 0 spiro atoms. The zero-order valence-corrected chi connectivity index (χ0v) is 69.8. The van der Waals surface area contributed by atoms with E-state index in [1.807, 2.05) is 0 Å². The van der Waals surface area contributed by atoms with Gasteiger partial charge in [0.15, 0.2) is 60.2 Å². The van der Waals surface area contributed by atoms with Crippen molar-refractivity contribution in [2.24, 2.45) is 23.3 Å². The summed E-state index contributed by atoms with van der Waals surface area (Å²) in [4.78, 5) is 75.4. The van der Waals surface area contributed by atoms with Gasteiger partial charge >= 0.3 is 11.9 Å². The normalized spacial score (nSPS) is 29.6. The number of nitrogens with zero attached hydrogens (tertiary/aromatic N) is 15. The van der Waals surface area contributed by atoms with Gasteiger partial charge in [0.2, 0.25) is 41.5 Å². The SMILES string of the molecule is C=C1Sc2c(N)nc(N)nc2N1[C@@H]1O[C@H](COC(=O)[C@@H](N)C(C)C)[C@@H](O)[C@H]1O.C=C1Sc2c(NC)nc(N)nc2N1[C@@H]1O[C@H](CO)[C@@H](O)[C@H]1O.C=C1Sc2c(OC)nc(N)nc2N1[C@@H]1O[C@H](CO)[C@@H](O)[C@H]1O.C=C1Sc2c(OC)nc(N)nc2N1[C@@H]1O[C@H](COC(=O)[C@@H](N)C(C)C)[C@@H](O)[C@H]1O.C=C1Sc2cnc(N)nc2N1[C@@H]1O[C@H](CO)[C@@H](O)[C@H]1O. The highest BCUT2D eigenvalue weighted by molar-refractivity contribution is 8.04. The van der Waals surface area contributed by atoms with Crippen molar-refractivity contribution >= 4 is 141 Å². The number of ether oxygens (including phenoxy) is 9. The van der Waals surface area contributed by atoms with Crippen molar-refractivity contribution in [1.82, 2.24) is 49.8 Å². The van der Waals surface area contributed by atoms with E-state index < -0.39 is 160 Å². The molecule has 5 aromatic rings. The second-order valence-corrected chi connectivity index (χ2v) is 33.7. The number of hydrogen-bond donors (Lipinski definition) is 22. The lowest BCUT2D eigenvalue weighted by Gasteiger charge is -2.27. The van der Waals surface area contributed by atoms with Crippen LogP contribution in [0.25, 0.3) is 0 Å². The number of aliphatic hydroxyl groups excluding tert-OH is 13. The van der Waals surface area contributed by atoms with Gasteiger partial charge in [-0.15, -0.1) is 0 Å². The van der Waals surface area contributed by atoms with Crippen LogP contribution in [0, 0.1) is 11.8 Å². The summed E-state index contributed by atoms with van der Waals surface area (Å²) in [6.07, 6.45) is -20.2. The molecule has 0 saturated carbocycles. The van der Waals surface area contributed by atoms with Gasteiger partial charge in [0.1, 0.15) is 138 Å². The molecule has 5 aromatic heterocycles. The van der Waals surface area contributed by atoms with Crippen LogP contribution in [-0.2, 0) is 42.7 Å². The molecule has 5 saturated heterocycles. The molecule has 662 valence electrons. The summed E-state index contributed by atoms with van der Waals surface area (Å²) < 4.78 is 48.8. The van der Waals surface area contributed by atoms with Crippen LogP contribution < -0.4 is 85.2 Å². The second kappa shape index (κ2) is 38.5. The molecule has 48 nitrogen and oxygen atoms in total. The summed E-state index contributed by atoms with van der Waals surface area (Å²) in [6.45, 7) is 25.0. The zero-order valence-electron chi connectivity index (χ0n) is 65.7. The summed E-state index contributed by atoms with van der Waals surface area (Å²) in [5, 5.41) is 135. The van der Waals surface area contributed by atoms with E-state index in [4.69, 9.17) is 93.6 Å². The highest BCUT2D eigenvalue weighted by Gasteiger charge is 2.55. The molecule has 10 aliphatic rings. The number of thioether (sulfide) groups is 5. The maximum absolute atomic E-state index is 12.0. The van der Waals surface area contributed by atoms with Crippen molar-refractivity contribution in [2.75, 3.05) is 119 Å². The van der Waals surface area contributed by atoms with Crippen LogP contribution in [-0.4, -0.2) is 317 Å². The Morgan fingerprint density at radius 2 is 0.711 bits per heavy atom. The molecule has 121 heavy (non-hydrogen) atoms. The molecule has 0 bridgehead atoms. The van der Waals surface area contributed by atoms with Gasteiger partial charge in [0.05, 0.1) is 73.9 Å².